The largest absolute Gasteiger partial charge is 0.507 e. The SMILES string of the molecule is Cc1ccc(O)c(C(=O)c2ccn3nc(-c4ccco4)cc3n2)c1. The lowest BCUT2D eigenvalue weighted by atomic mass is 10.0. The van der Waals surface area contributed by atoms with Crippen LogP contribution in [0.5, 0.6) is 5.75 Å². The number of aromatic hydroxyl groups is 1. The average molecular weight is 319 g/mol. The highest BCUT2D eigenvalue weighted by molar-refractivity contribution is 6.09. The fraction of sp³-hybridized carbons (Fsp3) is 0.0556. The van der Waals surface area contributed by atoms with Gasteiger partial charge in [0.25, 0.3) is 0 Å². The fourth-order valence-corrected chi connectivity index (χ4v) is 2.52. The molecule has 0 saturated carbocycles. The van der Waals surface area contributed by atoms with Gasteiger partial charge in [-0.15, -0.1) is 0 Å². The number of ketones is 1. The summed E-state index contributed by atoms with van der Waals surface area (Å²) < 4.78 is 6.90. The number of carbonyl (C=O) groups is 1. The van der Waals surface area contributed by atoms with Crippen molar-refractivity contribution in [3.63, 3.8) is 0 Å². The van der Waals surface area contributed by atoms with Crippen LogP contribution < -0.4 is 0 Å². The van der Waals surface area contributed by atoms with Crippen LogP contribution in [0, 0.1) is 6.92 Å². The van der Waals surface area contributed by atoms with Gasteiger partial charge in [-0.2, -0.15) is 5.10 Å². The number of aryl methyl sites for hydroxylation is 1. The van der Waals surface area contributed by atoms with Gasteiger partial charge in [0.2, 0.25) is 5.78 Å². The highest BCUT2D eigenvalue weighted by Crippen LogP contribution is 2.23. The molecule has 6 heteroatoms. The van der Waals surface area contributed by atoms with Crippen molar-refractivity contribution >= 4 is 11.4 Å². The lowest BCUT2D eigenvalue weighted by Gasteiger charge is -2.05. The normalized spacial score (nSPS) is 11.0. The molecule has 0 aliphatic carbocycles. The van der Waals surface area contributed by atoms with Gasteiger partial charge in [-0.25, -0.2) is 9.50 Å². The molecule has 4 rings (SSSR count). The predicted octanol–water partition coefficient (Wildman–Crippen LogP) is 3.23. The molecule has 0 fully saturated rings. The maximum absolute atomic E-state index is 12.6. The van der Waals surface area contributed by atoms with Crippen molar-refractivity contribution in [2.75, 3.05) is 0 Å². The smallest absolute Gasteiger partial charge is 0.215 e. The number of fused-ring (bicyclic) bond motifs is 1. The first-order chi connectivity index (χ1) is 11.6. The molecule has 0 radical (unpaired) electrons. The third-order valence-electron chi connectivity index (χ3n) is 3.73. The molecule has 6 nitrogen and oxygen atoms in total. The number of phenolic OH excluding ortho intramolecular Hbond substituents is 1. The molecule has 1 N–H and O–H groups in total. The van der Waals surface area contributed by atoms with Crippen LogP contribution in [0.3, 0.4) is 0 Å². The van der Waals surface area contributed by atoms with Gasteiger partial charge in [0.1, 0.15) is 17.1 Å². The molecule has 118 valence electrons. The summed E-state index contributed by atoms with van der Waals surface area (Å²) in [5, 5.41) is 14.3. The van der Waals surface area contributed by atoms with Gasteiger partial charge in [0, 0.05) is 12.3 Å². The van der Waals surface area contributed by atoms with Crippen LogP contribution in [0.25, 0.3) is 17.1 Å². The summed E-state index contributed by atoms with van der Waals surface area (Å²) >= 11 is 0. The van der Waals surface area contributed by atoms with E-state index in [9.17, 15) is 9.90 Å². The minimum atomic E-state index is -0.334. The molecular formula is C18H13N3O3. The van der Waals surface area contributed by atoms with E-state index in [1.807, 2.05) is 6.92 Å². The van der Waals surface area contributed by atoms with E-state index in [1.165, 1.54) is 6.07 Å². The maximum Gasteiger partial charge on any atom is 0.215 e. The molecular weight excluding hydrogens is 306 g/mol. The van der Waals surface area contributed by atoms with Crippen molar-refractivity contribution < 1.29 is 14.3 Å². The van der Waals surface area contributed by atoms with Crippen LogP contribution in [0.4, 0.5) is 0 Å². The lowest BCUT2D eigenvalue weighted by Crippen LogP contribution is -2.06. The van der Waals surface area contributed by atoms with E-state index in [0.29, 0.717) is 17.1 Å². The Balaban J connectivity index is 1.77. The predicted molar refractivity (Wildman–Crippen MR) is 87.0 cm³/mol. The van der Waals surface area contributed by atoms with Gasteiger partial charge in [0.15, 0.2) is 11.4 Å². The fourth-order valence-electron chi connectivity index (χ4n) is 2.52. The molecule has 3 aromatic heterocycles. The summed E-state index contributed by atoms with van der Waals surface area (Å²) in [5.74, 6) is 0.237. The standard InChI is InChI=1S/C18H13N3O3/c1-11-4-5-15(22)12(9-11)18(23)13-6-7-21-17(19-13)10-14(20-21)16-3-2-8-24-16/h2-10,22H,1H3. The van der Waals surface area contributed by atoms with E-state index in [-0.39, 0.29) is 22.8 Å². The highest BCUT2D eigenvalue weighted by atomic mass is 16.3. The highest BCUT2D eigenvalue weighted by Gasteiger charge is 2.17. The van der Waals surface area contributed by atoms with E-state index < -0.39 is 0 Å². The Hall–Kier alpha value is -3.41. The monoisotopic (exact) mass is 319 g/mol. The third kappa shape index (κ3) is 2.34. The lowest BCUT2D eigenvalue weighted by molar-refractivity contribution is 0.103. The first kappa shape index (κ1) is 14.2. The van der Waals surface area contributed by atoms with E-state index in [4.69, 9.17) is 4.42 Å². The second-order valence-corrected chi connectivity index (χ2v) is 5.47. The van der Waals surface area contributed by atoms with Gasteiger partial charge in [-0.1, -0.05) is 11.6 Å². The number of carbonyl (C=O) groups excluding carboxylic acids is 1. The quantitative estimate of drug-likeness (QED) is 0.586. The first-order valence-corrected chi connectivity index (χ1v) is 7.36. The van der Waals surface area contributed by atoms with Gasteiger partial charge in [-0.05, 0) is 37.3 Å². The number of hydrogen-bond acceptors (Lipinski definition) is 5. The number of benzene rings is 1. The van der Waals surface area contributed by atoms with Crippen LogP contribution in [0.2, 0.25) is 0 Å². The van der Waals surface area contributed by atoms with Crippen molar-refractivity contribution in [3.8, 4) is 17.2 Å². The Morgan fingerprint density at radius 2 is 2.08 bits per heavy atom. The molecule has 0 bridgehead atoms. The van der Waals surface area contributed by atoms with Crippen LogP contribution in [0.1, 0.15) is 21.6 Å². The van der Waals surface area contributed by atoms with Gasteiger partial charge in [-0.3, -0.25) is 4.79 Å². The molecule has 0 saturated heterocycles. The Morgan fingerprint density at radius 1 is 1.21 bits per heavy atom. The Kier molecular flexibility index (Phi) is 3.16. The molecule has 1 aromatic carbocycles. The first-order valence-electron chi connectivity index (χ1n) is 7.36. The zero-order valence-electron chi connectivity index (χ0n) is 12.8. The molecule has 0 aliphatic heterocycles. The van der Waals surface area contributed by atoms with Crippen molar-refractivity contribution in [2.45, 2.75) is 6.92 Å². The summed E-state index contributed by atoms with van der Waals surface area (Å²) in [6.45, 7) is 1.86. The van der Waals surface area contributed by atoms with Crippen molar-refractivity contribution in [1.29, 1.82) is 0 Å². The molecule has 0 unspecified atom stereocenters. The molecule has 0 atom stereocenters. The van der Waals surface area contributed by atoms with E-state index in [0.717, 1.165) is 5.56 Å². The van der Waals surface area contributed by atoms with Crippen molar-refractivity contribution in [3.05, 3.63) is 71.7 Å². The minimum absolute atomic E-state index is 0.0583. The molecule has 0 amide bonds. The zero-order valence-corrected chi connectivity index (χ0v) is 12.8. The molecule has 24 heavy (non-hydrogen) atoms. The molecule has 0 spiro atoms. The second-order valence-electron chi connectivity index (χ2n) is 5.47. The van der Waals surface area contributed by atoms with E-state index in [1.54, 1.807) is 53.4 Å². The molecule has 3 heterocycles. The van der Waals surface area contributed by atoms with Crippen LogP contribution in [-0.4, -0.2) is 25.5 Å². The third-order valence-corrected chi connectivity index (χ3v) is 3.73. The van der Waals surface area contributed by atoms with Gasteiger partial charge in [0.05, 0.1) is 11.8 Å². The minimum Gasteiger partial charge on any atom is -0.507 e. The summed E-state index contributed by atoms with van der Waals surface area (Å²) in [6, 6.07) is 11.8. The second kappa shape index (κ2) is 5.34. The summed E-state index contributed by atoms with van der Waals surface area (Å²) in [6.07, 6.45) is 3.23. The number of aromatic nitrogens is 3. The van der Waals surface area contributed by atoms with Crippen LogP contribution >= 0.6 is 0 Å². The Labute approximate surface area is 137 Å². The van der Waals surface area contributed by atoms with Gasteiger partial charge >= 0.3 is 0 Å². The number of phenols is 1. The zero-order chi connectivity index (χ0) is 16.7. The van der Waals surface area contributed by atoms with E-state index in [2.05, 4.69) is 10.1 Å². The molecule has 0 aliphatic rings. The summed E-state index contributed by atoms with van der Waals surface area (Å²) in [7, 11) is 0. The Bertz CT molecular complexity index is 1050. The van der Waals surface area contributed by atoms with Crippen LogP contribution in [0.15, 0.2) is 59.3 Å². The number of rotatable bonds is 3. The van der Waals surface area contributed by atoms with Gasteiger partial charge < -0.3 is 9.52 Å². The van der Waals surface area contributed by atoms with Crippen LogP contribution in [-0.2, 0) is 0 Å². The maximum atomic E-state index is 12.6. The molecule has 4 aromatic rings. The summed E-state index contributed by atoms with van der Waals surface area (Å²) in [5.41, 5.74) is 2.53. The topological polar surface area (TPSA) is 80.6 Å². The number of hydrogen-bond donors (Lipinski definition) is 1. The number of furan rings is 1. The summed E-state index contributed by atoms with van der Waals surface area (Å²) in [4.78, 5) is 17.0. The Morgan fingerprint density at radius 3 is 2.88 bits per heavy atom. The number of nitrogens with zero attached hydrogens (tertiary/aromatic N) is 3. The van der Waals surface area contributed by atoms with E-state index >= 15 is 0 Å². The average Bonchev–Trinajstić information content (AvgIpc) is 3.24. The van der Waals surface area contributed by atoms with Crippen molar-refractivity contribution in [2.24, 2.45) is 0 Å². The van der Waals surface area contributed by atoms with Crippen molar-refractivity contribution in [1.82, 2.24) is 14.6 Å².